The van der Waals surface area contributed by atoms with Crippen LogP contribution >= 0.6 is 35.0 Å². The lowest BCUT2D eigenvalue weighted by Gasteiger charge is -1.98. The quantitative estimate of drug-likeness (QED) is 0.571. The summed E-state index contributed by atoms with van der Waals surface area (Å²) < 4.78 is 0. The highest BCUT2D eigenvalue weighted by Crippen LogP contribution is 2.24. The topological polar surface area (TPSA) is 40.0 Å². The van der Waals surface area contributed by atoms with E-state index < -0.39 is 0 Å². The van der Waals surface area contributed by atoms with E-state index in [0.29, 0.717) is 20.9 Å². The van der Waals surface area contributed by atoms with Crippen molar-refractivity contribution in [1.82, 2.24) is 0 Å². The van der Waals surface area contributed by atoms with E-state index in [1.165, 1.54) is 11.8 Å². The molecule has 0 aromatic heterocycles. The molecule has 0 spiro atoms. The average Bonchev–Trinajstić information content (AvgIpc) is 2.11. The Bertz CT molecular complexity index is 319. The molecule has 13 heavy (non-hydrogen) atoms. The van der Waals surface area contributed by atoms with Crippen LogP contribution in [0.25, 0.3) is 0 Å². The fourth-order valence-electron chi connectivity index (χ4n) is 0.791. The number of amidine groups is 1. The number of rotatable bonds is 1. The van der Waals surface area contributed by atoms with E-state index in [0.717, 1.165) is 0 Å². The molecule has 0 aliphatic carbocycles. The van der Waals surface area contributed by atoms with Crippen molar-refractivity contribution in [2.45, 2.75) is 0 Å². The SMILES string of the molecule is CSC(N)=[NH+]c1c(Cl)cccc1Cl. The molecule has 2 nitrogen and oxygen atoms in total. The van der Waals surface area contributed by atoms with Gasteiger partial charge in [0.1, 0.15) is 0 Å². The van der Waals surface area contributed by atoms with E-state index in [1.54, 1.807) is 18.2 Å². The number of nitrogens with two attached hydrogens (primary N) is 1. The third-order valence-electron chi connectivity index (χ3n) is 1.43. The Morgan fingerprint density at radius 3 is 2.38 bits per heavy atom. The van der Waals surface area contributed by atoms with E-state index in [4.69, 9.17) is 28.9 Å². The van der Waals surface area contributed by atoms with Gasteiger partial charge in [-0.2, -0.15) is 0 Å². The maximum absolute atomic E-state index is 5.91. The zero-order valence-corrected chi connectivity index (χ0v) is 9.30. The van der Waals surface area contributed by atoms with Crippen molar-refractivity contribution in [1.29, 1.82) is 0 Å². The van der Waals surface area contributed by atoms with Gasteiger partial charge >= 0.3 is 5.17 Å². The Hall–Kier alpha value is -0.380. The van der Waals surface area contributed by atoms with Crippen LogP contribution in [0.3, 0.4) is 0 Å². The second-order valence-corrected chi connectivity index (χ2v) is 3.95. The zero-order valence-electron chi connectivity index (χ0n) is 6.97. The van der Waals surface area contributed by atoms with Gasteiger partial charge in [0.2, 0.25) is 0 Å². The molecule has 0 amide bonds. The first-order valence-corrected chi connectivity index (χ1v) is 5.50. The molecule has 1 aromatic carbocycles. The number of para-hydroxylation sites is 1. The minimum atomic E-state index is 0.560. The lowest BCUT2D eigenvalue weighted by molar-refractivity contribution is -0.350. The molecule has 0 saturated heterocycles. The summed E-state index contributed by atoms with van der Waals surface area (Å²) in [5.74, 6) is 0. The molecule has 0 atom stereocenters. The van der Waals surface area contributed by atoms with Crippen molar-refractivity contribution in [2.24, 2.45) is 5.73 Å². The summed E-state index contributed by atoms with van der Waals surface area (Å²) in [5.41, 5.74) is 6.24. The number of nitrogens with one attached hydrogen (secondary N) is 1. The van der Waals surface area contributed by atoms with Gasteiger partial charge in [0.05, 0.1) is 10.0 Å². The van der Waals surface area contributed by atoms with Crippen molar-refractivity contribution in [3.05, 3.63) is 28.2 Å². The van der Waals surface area contributed by atoms with Crippen LogP contribution in [0.4, 0.5) is 5.69 Å². The Kier molecular flexibility index (Phi) is 3.90. The lowest BCUT2D eigenvalue weighted by atomic mass is 10.3. The largest absolute Gasteiger partial charge is 0.306 e. The maximum Gasteiger partial charge on any atom is 0.306 e. The summed E-state index contributed by atoms with van der Waals surface area (Å²) in [4.78, 5) is 2.92. The van der Waals surface area contributed by atoms with Crippen LogP contribution in [0.5, 0.6) is 0 Å². The summed E-state index contributed by atoms with van der Waals surface area (Å²) in [5, 5.41) is 1.68. The Labute approximate surface area is 91.1 Å². The van der Waals surface area contributed by atoms with Gasteiger partial charge in [-0.1, -0.05) is 29.3 Å². The molecule has 0 aliphatic rings. The first-order chi connectivity index (χ1) is 6.15. The molecule has 0 heterocycles. The first kappa shape index (κ1) is 10.7. The van der Waals surface area contributed by atoms with Gasteiger partial charge in [-0.3, -0.25) is 5.73 Å². The highest BCUT2D eigenvalue weighted by atomic mass is 35.5. The molecule has 5 heteroatoms. The number of halogens is 2. The van der Waals surface area contributed by atoms with Crippen LogP contribution in [-0.4, -0.2) is 11.4 Å². The summed E-state index contributed by atoms with van der Waals surface area (Å²) in [6, 6.07) is 5.29. The zero-order chi connectivity index (χ0) is 9.84. The predicted molar refractivity (Wildman–Crippen MR) is 59.8 cm³/mol. The number of benzene rings is 1. The van der Waals surface area contributed by atoms with Gasteiger partial charge in [0.25, 0.3) is 0 Å². The van der Waals surface area contributed by atoms with Crippen LogP contribution in [0.2, 0.25) is 10.0 Å². The average molecular weight is 236 g/mol. The van der Waals surface area contributed by atoms with Crippen LogP contribution in [0.1, 0.15) is 0 Å². The highest BCUT2D eigenvalue weighted by Gasteiger charge is 2.07. The van der Waals surface area contributed by atoms with E-state index in [1.807, 2.05) is 6.26 Å². The molecular weight excluding hydrogens is 227 g/mol. The number of thioether (sulfide) groups is 1. The standard InChI is InChI=1S/C8H8Cl2N2S/c1-13-8(11)12-7-5(9)3-2-4-6(7)10/h2-4H,1H3,(H2,11,12)/p+1. The van der Waals surface area contributed by atoms with E-state index >= 15 is 0 Å². The maximum atomic E-state index is 5.91. The van der Waals surface area contributed by atoms with E-state index in [-0.39, 0.29) is 0 Å². The van der Waals surface area contributed by atoms with Crippen molar-refractivity contribution < 1.29 is 4.99 Å². The van der Waals surface area contributed by atoms with Crippen LogP contribution in [0.15, 0.2) is 18.2 Å². The smallest absolute Gasteiger partial charge is 0.281 e. The molecule has 0 unspecified atom stereocenters. The summed E-state index contributed by atoms with van der Waals surface area (Å²) in [7, 11) is 0. The van der Waals surface area contributed by atoms with Gasteiger partial charge < -0.3 is 0 Å². The number of hydrogen-bond acceptors (Lipinski definition) is 1. The summed E-state index contributed by atoms with van der Waals surface area (Å²) in [6.07, 6.45) is 1.87. The van der Waals surface area contributed by atoms with Gasteiger partial charge in [0.15, 0.2) is 5.69 Å². The van der Waals surface area contributed by atoms with Gasteiger partial charge in [-0.15, -0.1) is 0 Å². The fraction of sp³-hybridized carbons (Fsp3) is 0.125. The molecule has 3 N–H and O–H groups in total. The molecule has 0 saturated carbocycles. The first-order valence-electron chi connectivity index (χ1n) is 3.52. The molecule has 1 aromatic rings. The van der Waals surface area contributed by atoms with Crippen molar-refractivity contribution in [3.63, 3.8) is 0 Å². The minimum absolute atomic E-state index is 0.560. The van der Waals surface area contributed by atoms with Crippen LogP contribution < -0.4 is 10.7 Å². The molecule has 0 aliphatic heterocycles. The summed E-state index contributed by atoms with van der Waals surface area (Å²) >= 11 is 13.2. The second-order valence-electron chi connectivity index (χ2n) is 2.29. The third-order valence-corrected chi connectivity index (χ3v) is 2.60. The predicted octanol–water partition coefficient (Wildman–Crippen LogP) is 1.38. The fourth-order valence-corrected chi connectivity index (χ4v) is 1.49. The Morgan fingerprint density at radius 2 is 1.92 bits per heavy atom. The Balaban J connectivity index is 3.14. The van der Waals surface area contributed by atoms with Gasteiger partial charge in [-0.25, -0.2) is 4.99 Å². The molecule has 0 radical (unpaired) electrons. The molecule has 0 bridgehead atoms. The van der Waals surface area contributed by atoms with Gasteiger partial charge in [-0.05, 0) is 30.2 Å². The molecule has 70 valence electrons. The molecule has 0 fully saturated rings. The minimum Gasteiger partial charge on any atom is -0.281 e. The second kappa shape index (κ2) is 4.74. The Morgan fingerprint density at radius 1 is 1.38 bits per heavy atom. The van der Waals surface area contributed by atoms with Crippen molar-refractivity contribution >= 4 is 45.8 Å². The third kappa shape index (κ3) is 2.79. The van der Waals surface area contributed by atoms with Crippen molar-refractivity contribution in [2.75, 3.05) is 6.26 Å². The van der Waals surface area contributed by atoms with E-state index in [2.05, 4.69) is 4.99 Å². The van der Waals surface area contributed by atoms with Crippen molar-refractivity contribution in [3.8, 4) is 0 Å². The normalized spacial score (nSPS) is 11.8. The van der Waals surface area contributed by atoms with Crippen LogP contribution in [-0.2, 0) is 0 Å². The number of hydrogen-bond donors (Lipinski definition) is 2. The van der Waals surface area contributed by atoms with Crippen LogP contribution in [0, 0.1) is 0 Å². The van der Waals surface area contributed by atoms with E-state index in [9.17, 15) is 0 Å². The molecule has 1 rings (SSSR count). The lowest BCUT2D eigenvalue weighted by Crippen LogP contribution is -2.68. The molecular formula is C8H9Cl2N2S+. The monoisotopic (exact) mass is 235 g/mol. The van der Waals surface area contributed by atoms with Gasteiger partial charge in [0, 0.05) is 0 Å². The highest BCUT2D eigenvalue weighted by molar-refractivity contribution is 8.12. The summed E-state index contributed by atoms with van der Waals surface area (Å²) in [6.45, 7) is 0.